The Morgan fingerprint density at radius 2 is 2.10 bits per heavy atom. The van der Waals surface area contributed by atoms with E-state index < -0.39 is 42.8 Å². The van der Waals surface area contributed by atoms with Crippen LogP contribution in [-0.2, 0) is 19.4 Å². The van der Waals surface area contributed by atoms with E-state index in [1.807, 2.05) is 0 Å². The van der Waals surface area contributed by atoms with Gasteiger partial charge in [0.25, 0.3) is 5.69 Å². The van der Waals surface area contributed by atoms with Gasteiger partial charge in [0, 0.05) is 18.6 Å². The predicted molar refractivity (Wildman–Crippen MR) is 69.1 cm³/mol. The maximum atomic E-state index is 12.2. The van der Waals surface area contributed by atoms with Gasteiger partial charge in [0.05, 0.1) is 11.5 Å². The first-order valence-corrected chi connectivity index (χ1v) is 7.63. The summed E-state index contributed by atoms with van der Waals surface area (Å²) >= 11 is 0. The second-order valence-electron chi connectivity index (χ2n) is 4.51. The van der Waals surface area contributed by atoms with Gasteiger partial charge in [-0.3, -0.25) is 14.9 Å². The summed E-state index contributed by atoms with van der Waals surface area (Å²) < 4.78 is 29.4. The van der Waals surface area contributed by atoms with Crippen LogP contribution in [0.2, 0.25) is 0 Å². The molecule has 108 valence electrons. The molecule has 1 aromatic rings. The fourth-order valence-corrected chi connectivity index (χ4v) is 3.56. The lowest BCUT2D eigenvalue weighted by molar-refractivity contribution is -0.387. The summed E-state index contributed by atoms with van der Waals surface area (Å²) in [7, 11) is -4.02. The highest BCUT2D eigenvalue weighted by Crippen LogP contribution is 2.25. The van der Waals surface area contributed by atoms with Crippen molar-refractivity contribution in [2.75, 3.05) is 19.0 Å². The highest BCUT2D eigenvalue weighted by Gasteiger charge is 2.32. The largest absolute Gasteiger partial charge is 0.381 e. The molecule has 1 heterocycles. The molecule has 20 heavy (non-hydrogen) atoms. The van der Waals surface area contributed by atoms with Crippen molar-refractivity contribution in [3.8, 4) is 0 Å². The Bertz CT molecular complexity index is 633. The van der Waals surface area contributed by atoms with Gasteiger partial charge in [-0.15, -0.1) is 0 Å². The van der Waals surface area contributed by atoms with Crippen molar-refractivity contribution >= 4 is 21.3 Å². The van der Waals surface area contributed by atoms with E-state index in [9.17, 15) is 23.3 Å². The molecule has 0 saturated carbocycles. The maximum Gasteiger partial charge on any atom is 0.287 e. The summed E-state index contributed by atoms with van der Waals surface area (Å²) in [4.78, 5) is 21.5. The number of nitro groups is 1. The third kappa shape index (κ3) is 3.02. The molecule has 1 aliphatic rings. The van der Waals surface area contributed by atoms with E-state index in [4.69, 9.17) is 4.74 Å². The molecule has 1 saturated heterocycles. The van der Waals surface area contributed by atoms with E-state index in [1.165, 1.54) is 12.1 Å². The SMILES string of the molecule is O=C(CS(=O)(=O)c1ccccc1[N+](=O)[O-])C1CCOC1. The smallest absolute Gasteiger partial charge is 0.287 e. The first-order valence-electron chi connectivity index (χ1n) is 5.98. The van der Waals surface area contributed by atoms with Crippen molar-refractivity contribution in [1.29, 1.82) is 0 Å². The van der Waals surface area contributed by atoms with Crippen molar-refractivity contribution in [2.45, 2.75) is 11.3 Å². The zero-order valence-electron chi connectivity index (χ0n) is 10.5. The fraction of sp³-hybridized carbons (Fsp3) is 0.417. The fourth-order valence-electron chi connectivity index (χ4n) is 2.04. The lowest BCUT2D eigenvalue weighted by Crippen LogP contribution is -2.24. The van der Waals surface area contributed by atoms with Gasteiger partial charge in [-0.2, -0.15) is 0 Å². The van der Waals surface area contributed by atoms with Crippen LogP contribution in [0.3, 0.4) is 0 Å². The lowest BCUT2D eigenvalue weighted by Gasteiger charge is -2.08. The van der Waals surface area contributed by atoms with Crippen LogP contribution < -0.4 is 0 Å². The lowest BCUT2D eigenvalue weighted by atomic mass is 10.1. The number of nitro benzene ring substituents is 1. The number of rotatable bonds is 5. The minimum absolute atomic E-state index is 0.214. The van der Waals surface area contributed by atoms with Crippen molar-refractivity contribution in [3.63, 3.8) is 0 Å². The molecule has 0 radical (unpaired) electrons. The molecule has 0 aliphatic carbocycles. The molecule has 1 fully saturated rings. The summed E-state index contributed by atoms with van der Waals surface area (Å²) in [5.74, 6) is -1.63. The Morgan fingerprint density at radius 1 is 1.40 bits per heavy atom. The minimum atomic E-state index is -4.02. The molecule has 0 bridgehead atoms. The zero-order chi connectivity index (χ0) is 14.8. The van der Waals surface area contributed by atoms with Gasteiger partial charge in [0.2, 0.25) is 0 Å². The summed E-state index contributed by atoms with van der Waals surface area (Å²) in [6.07, 6.45) is 0.491. The Balaban J connectivity index is 2.26. The van der Waals surface area contributed by atoms with Gasteiger partial charge in [-0.1, -0.05) is 12.1 Å². The number of para-hydroxylation sites is 1. The third-order valence-corrected chi connectivity index (χ3v) is 4.79. The van der Waals surface area contributed by atoms with Crippen LogP contribution in [0.4, 0.5) is 5.69 Å². The van der Waals surface area contributed by atoms with Crippen LogP contribution in [0.1, 0.15) is 6.42 Å². The van der Waals surface area contributed by atoms with E-state index in [2.05, 4.69) is 0 Å². The number of carbonyl (C=O) groups excluding carboxylic acids is 1. The van der Waals surface area contributed by atoms with Crippen LogP contribution in [-0.4, -0.2) is 38.1 Å². The van der Waals surface area contributed by atoms with Crippen molar-refractivity contribution in [3.05, 3.63) is 34.4 Å². The van der Waals surface area contributed by atoms with E-state index in [0.29, 0.717) is 13.0 Å². The highest BCUT2D eigenvalue weighted by molar-refractivity contribution is 7.92. The predicted octanol–water partition coefficient (Wildman–Crippen LogP) is 0.974. The van der Waals surface area contributed by atoms with E-state index in [-0.39, 0.29) is 6.61 Å². The summed E-state index contributed by atoms with van der Waals surface area (Å²) in [6, 6.07) is 5.02. The number of hydrogen-bond acceptors (Lipinski definition) is 6. The molecular weight excluding hydrogens is 286 g/mol. The van der Waals surface area contributed by atoms with Crippen molar-refractivity contribution < 1.29 is 22.9 Å². The molecule has 1 atom stereocenters. The Morgan fingerprint density at radius 3 is 2.70 bits per heavy atom. The molecule has 0 amide bonds. The molecule has 1 unspecified atom stereocenters. The van der Waals surface area contributed by atoms with Gasteiger partial charge < -0.3 is 4.74 Å². The number of carbonyl (C=O) groups is 1. The van der Waals surface area contributed by atoms with Crippen LogP contribution in [0, 0.1) is 16.0 Å². The van der Waals surface area contributed by atoms with Gasteiger partial charge in [0.15, 0.2) is 15.6 Å². The molecular formula is C12H13NO6S. The number of ether oxygens (including phenoxy) is 1. The maximum absolute atomic E-state index is 12.2. The highest BCUT2D eigenvalue weighted by atomic mass is 32.2. The quantitative estimate of drug-likeness (QED) is 0.593. The summed E-state index contributed by atoms with van der Waals surface area (Å²) in [6.45, 7) is 0.646. The topological polar surface area (TPSA) is 104 Å². The minimum Gasteiger partial charge on any atom is -0.381 e. The van der Waals surface area contributed by atoms with Crippen molar-refractivity contribution in [1.82, 2.24) is 0 Å². The average Bonchev–Trinajstić information content (AvgIpc) is 2.92. The average molecular weight is 299 g/mol. The normalized spacial score (nSPS) is 18.9. The van der Waals surface area contributed by atoms with Crippen LogP contribution in [0.15, 0.2) is 29.2 Å². The molecule has 1 aliphatic heterocycles. The van der Waals surface area contributed by atoms with E-state index in [0.717, 1.165) is 12.1 Å². The Hall–Kier alpha value is -1.80. The van der Waals surface area contributed by atoms with Crippen LogP contribution >= 0.6 is 0 Å². The van der Waals surface area contributed by atoms with Crippen LogP contribution in [0.25, 0.3) is 0 Å². The molecule has 7 nitrogen and oxygen atoms in total. The Labute approximate surface area is 115 Å². The molecule has 1 aromatic carbocycles. The Kier molecular flexibility index (Phi) is 4.15. The van der Waals surface area contributed by atoms with E-state index in [1.54, 1.807) is 0 Å². The second kappa shape index (κ2) is 5.68. The van der Waals surface area contributed by atoms with Crippen molar-refractivity contribution in [2.24, 2.45) is 5.92 Å². The third-order valence-electron chi connectivity index (χ3n) is 3.11. The summed E-state index contributed by atoms with van der Waals surface area (Å²) in [5.41, 5.74) is -0.511. The number of nitrogens with zero attached hydrogens (tertiary/aromatic N) is 1. The molecule has 0 N–H and O–H groups in total. The first kappa shape index (κ1) is 14.6. The zero-order valence-corrected chi connectivity index (χ0v) is 11.3. The van der Waals surface area contributed by atoms with Crippen LogP contribution in [0.5, 0.6) is 0 Å². The monoisotopic (exact) mass is 299 g/mol. The van der Waals surface area contributed by atoms with Gasteiger partial charge in [-0.25, -0.2) is 8.42 Å². The number of ketones is 1. The van der Waals surface area contributed by atoms with Gasteiger partial charge in [-0.05, 0) is 12.5 Å². The molecule has 2 rings (SSSR count). The molecule has 8 heteroatoms. The molecule has 0 spiro atoms. The second-order valence-corrected chi connectivity index (χ2v) is 6.47. The summed E-state index contributed by atoms with van der Waals surface area (Å²) in [5, 5.41) is 10.8. The van der Waals surface area contributed by atoms with E-state index >= 15 is 0 Å². The number of sulfone groups is 1. The number of hydrogen-bond donors (Lipinski definition) is 0. The van der Waals surface area contributed by atoms with Gasteiger partial charge in [0.1, 0.15) is 10.6 Å². The van der Waals surface area contributed by atoms with Gasteiger partial charge >= 0.3 is 0 Å². The number of benzene rings is 1. The first-order chi connectivity index (χ1) is 9.42. The standard InChI is InChI=1S/C12H13NO6S/c14-11(9-5-6-19-7-9)8-20(17,18)12-4-2-1-3-10(12)13(15)16/h1-4,9H,5-8H2. The molecule has 0 aromatic heterocycles. The number of Topliss-reactive ketones (excluding diaryl/α,β-unsaturated/α-hetero) is 1.